The van der Waals surface area contributed by atoms with Crippen LogP contribution >= 0.6 is 0 Å². The highest BCUT2D eigenvalue weighted by atomic mass is 32.2. The molecule has 2 aromatic carbocycles. The molecule has 0 spiro atoms. The van der Waals surface area contributed by atoms with E-state index >= 15 is 0 Å². The fraction of sp³-hybridized carbons (Fsp3) is 0.278. The summed E-state index contributed by atoms with van der Waals surface area (Å²) in [5.74, 6) is -1.06. The average Bonchev–Trinajstić information content (AvgIpc) is 3.11. The van der Waals surface area contributed by atoms with Gasteiger partial charge in [-0.25, -0.2) is 21.2 Å². The number of benzene rings is 2. The number of amides is 1. The molecule has 0 aromatic heterocycles. The van der Waals surface area contributed by atoms with Crippen molar-refractivity contribution in [2.45, 2.75) is 16.6 Å². The summed E-state index contributed by atoms with van der Waals surface area (Å²) in [6.45, 7) is 0.423. The third-order valence-corrected chi connectivity index (χ3v) is 7.48. The molecule has 1 unspecified atom stereocenters. The zero-order chi connectivity index (χ0) is 20.5. The predicted octanol–water partition coefficient (Wildman–Crippen LogP) is 1.89. The first-order valence-electron chi connectivity index (χ1n) is 8.43. The summed E-state index contributed by atoms with van der Waals surface area (Å²) < 4.78 is 63.8. The Bertz CT molecular complexity index is 1120. The maximum Gasteiger partial charge on any atom is 0.261 e. The predicted molar refractivity (Wildman–Crippen MR) is 103 cm³/mol. The van der Waals surface area contributed by atoms with Gasteiger partial charge in [-0.1, -0.05) is 12.1 Å². The van der Waals surface area contributed by atoms with Crippen molar-refractivity contribution >= 4 is 31.5 Å². The van der Waals surface area contributed by atoms with Crippen molar-refractivity contribution in [3.8, 4) is 0 Å². The summed E-state index contributed by atoms with van der Waals surface area (Å²) in [5.41, 5.74) is 0.377. The van der Waals surface area contributed by atoms with Crippen molar-refractivity contribution in [2.24, 2.45) is 0 Å². The van der Waals surface area contributed by atoms with Gasteiger partial charge in [-0.2, -0.15) is 0 Å². The number of anilines is 1. The highest BCUT2D eigenvalue weighted by Crippen LogP contribution is 2.22. The molecule has 10 heteroatoms. The summed E-state index contributed by atoms with van der Waals surface area (Å²) in [6.07, 6.45) is 1.52. The lowest BCUT2D eigenvalue weighted by Crippen LogP contribution is -2.31. The number of nitrogens with zero attached hydrogens (tertiary/aromatic N) is 1. The third kappa shape index (κ3) is 4.50. The van der Waals surface area contributed by atoms with E-state index in [1.165, 1.54) is 41.3 Å². The molecule has 1 saturated heterocycles. The van der Waals surface area contributed by atoms with E-state index in [9.17, 15) is 26.0 Å². The fourth-order valence-electron chi connectivity index (χ4n) is 3.01. The van der Waals surface area contributed by atoms with E-state index in [1.807, 2.05) is 0 Å². The second kappa shape index (κ2) is 7.51. The van der Waals surface area contributed by atoms with Gasteiger partial charge in [0.15, 0.2) is 9.84 Å². The van der Waals surface area contributed by atoms with Crippen LogP contribution in [0, 0.1) is 5.82 Å². The zero-order valence-corrected chi connectivity index (χ0v) is 16.6. The molecule has 0 bridgehead atoms. The van der Waals surface area contributed by atoms with Crippen molar-refractivity contribution in [3.05, 3.63) is 59.9 Å². The second-order valence-electron chi connectivity index (χ2n) is 6.64. The Morgan fingerprint density at radius 3 is 2.46 bits per heavy atom. The summed E-state index contributed by atoms with van der Waals surface area (Å²) in [5, 5.41) is -0.592. The smallest absolute Gasteiger partial charge is 0.261 e. The summed E-state index contributed by atoms with van der Waals surface area (Å²) in [7, 11) is -7.25. The molecule has 0 aliphatic carbocycles. The number of sulfonamides is 1. The molecule has 2 aromatic rings. The second-order valence-corrected chi connectivity index (χ2v) is 10.6. The molecule has 1 fully saturated rings. The normalized spacial score (nSPS) is 17.5. The van der Waals surface area contributed by atoms with E-state index in [2.05, 4.69) is 4.72 Å². The molecule has 3 rings (SSSR count). The largest absolute Gasteiger partial charge is 0.337 e. The van der Waals surface area contributed by atoms with E-state index < -0.39 is 30.9 Å². The minimum absolute atomic E-state index is 0.108. The lowest BCUT2D eigenvalue weighted by molar-refractivity contribution is 0.0793. The van der Waals surface area contributed by atoms with E-state index in [4.69, 9.17) is 0 Å². The Hall–Kier alpha value is -2.46. The van der Waals surface area contributed by atoms with Crippen LogP contribution in [-0.2, 0) is 19.9 Å². The lowest BCUT2D eigenvalue weighted by Gasteiger charge is -2.17. The molecule has 1 aliphatic rings. The van der Waals surface area contributed by atoms with Crippen molar-refractivity contribution in [1.82, 2.24) is 4.90 Å². The first-order chi connectivity index (χ1) is 13.1. The van der Waals surface area contributed by atoms with E-state index in [0.29, 0.717) is 13.0 Å². The fourth-order valence-corrected chi connectivity index (χ4v) is 5.07. The highest BCUT2D eigenvalue weighted by molar-refractivity contribution is 7.92. The number of carbonyl (C=O) groups is 1. The van der Waals surface area contributed by atoms with E-state index in [-0.39, 0.29) is 28.6 Å². The minimum Gasteiger partial charge on any atom is -0.337 e. The number of rotatable bonds is 5. The molecule has 7 nitrogen and oxygen atoms in total. The molecule has 0 radical (unpaired) electrons. The van der Waals surface area contributed by atoms with Crippen LogP contribution in [0.4, 0.5) is 10.1 Å². The SMILES string of the molecule is CS(=O)(=O)C1CCN(C(=O)c2cccc(NS(=O)(=O)c3cccc(F)c3)c2)C1. The molecule has 28 heavy (non-hydrogen) atoms. The van der Waals surface area contributed by atoms with Gasteiger partial charge in [-0.3, -0.25) is 9.52 Å². The van der Waals surface area contributed by atoms with Crippen molar-refractivity contribution in [3.63, 3.8) is 0 Å². The van der Waals surface area contributed by atoms with Crippen LogP contribution in [0.3, 0.4) is 0 Å². The van der Waals surface area contributed by atoms with Crippen LogP contribution in [0.2, 0.25) is 0 Å². The van der Waals surface area contributed by atoms with Crippen molar-refractivity contribution in [1.29, 1.82) is 0 Å². The van der Waals surface area contributed by atoms with Crippen molar-refractivity contribution < 1.29 is 26.0 Å². The number of nitrogens with one attached hydrogen (secondary N) is 1. The van der Waals surface area contributed by atoms with Gasteiger partial charge in [0.25, 0.3) is 15.9 Å². The Balaban J connectivity index is 1.78. The summed E-state index contributed by atoms with van der Waals surface area (Å²) in [6, 6.07) is 10.5. The van der Waals surface area contributed by atoms with Gasteiger partial charge in [0, 0.05) is 30.6 Å². The molecule has 1 N–H and O–H groups in total. The Morgan fingerprint density at radius 1 is 1.11 bits per heavy atom. The number of hydrogen-bond donors (Lipinski definition) is 1. The maximum absolute atomic E-state index is 13.3. The number of sulfone groups is 1. The average molecular weight is 426 g/mol. The Morgan fingerprint density at radius 2 is 1.82 bits per heavy atom. The first-order valence-corrected chi connectivity index (χ1v) is 11.9. The summed E-state index contributed by atoms with van der Waals surface area (Å²) in [4.78, 5) is 13.9. The van der Waals surface area contributed by atoms with E-state index in [0.717, 1.165) is 18.4 Å². The molecule has 1 amide bonds. The Labute approximate surface area is 163 Å². The van der Waals surface area contributed by atoms with Crippen molar-refractivity contribution in [2.75, 3.05) is 24.1 Å². The maximum atomic E-state index is 13.3. The van der Waals surface area contributed by atoms with Gasteiger partial charge in [-0.05, 0) is 42.8 Å². The van der Waals surface area contributed by atoms with Gasteiger partial charge in [0.2, 0.25) is 0 Å². The van der Waals surface area contributed by atoms with Gasteiger partial charge in [-0.15, -0.1) is 0 Å². The minimum atomic E-state index is -4.02. The van der Waals surface area contributed by atoms with E-state index in [1.54, 1.807) is 0 Å². The van der Waals surface area contributed by atoms with Crippen LogP contribution in [-0.4, -0.2) is 52.2 Å². The number of likely N-dealkylation sites (tertiary alicyclic amines) is 1. The zero-order valence-electron chi connectivity index (χ0n) is 15.0. The van der Waals surface area contributed by atoms with Gasteiger partial charge in [0.1, 0.15) is 5.82 Å². The van der Waals surface area contributed by atoms with Crippen LogP contribution in [0.5, 0.6) is 0 Å². The lowest BCUT2D eigenvalue weighted by atomic mass is 10.2. The van der Waals surface area contributed by atoms with Gasteiger partial charge >= 0.3 is 0 Å². The highest BCUT2D eigenvalue weighted by Gasteiger charge is 2.33. The molecule has 1 heterocycles. The van der Waals surface area contributed by atoms with Crippen LogP contribution in [0.1, 0.15) is 16.8 Å². The summed E-state index contributed by atoms with van der Waals surface area (Å²) >= 11 is 0. The molecule has 150 valence electrons. The van der Waals surface area contributed by atoms with Crippen LogP contribution in [0.15, 0.2) is 53.4 Å². The number of carbonyl (C=O) groups excluding carboxylic acids is 1. The monoisotopic (exact) mass is 426 g/mol. The van der Waals surface area contributed by atoms with Crippen LogP contribution in [0.25, 0.3) is 0 Å². The number of hydrogen-bond acceptors (Lipinski definition) is 5. The quantitative estimate of drug-likeness (QED) is 0.787. The van der Waals surface area contributed by atoms with Gasteiger partial charge in [0.05, 0.1) is 10.1 Å². The number of halogens is 1. The van der Waals surface area contributed by atoms with Gasteiger partial charge < -0.3 is 4.90 Å². The molecular formula is C18H19FN2O5S2. The Kier molecular flexibility index (Phi) is 5.44. The molecular weight excluding hydrogens is 407 g/mol. The molecule has 1 aliphatic heterocycles. The first kappa shape index (κ1) is 20.3. The standard InChI is InChI=1S/C18H19FN2O5S2/c1-27(23,24)17-8-9-21(12-17)18(22)13-4-2-6-15(10-13)20-28(25,26)16-7-3-5-14(19)11-16/h2-7,10-11,17,20H,8-9,12H2,1H3. The topological polar surface area (TPSA) is 101 Å². The third-order valence-electron chi connectivity index (χ3n) is 4.51. The van der Waals surface area contributed by atoms with Crippen LogP contribution < -0.4 is 4.72 Å². The molecule has 0 saturated carbocycles. The molecule has 1 atom stereocenters.